The summed E-state index contributed by atoms with van der Waals surface area (Å²) in [6, 6.07) is -0.00173. The van der Waals surface area contributed by atoms with Crippen LogP contribution in [0.2, 0.25) is 0 Å². The predicted octanol–water partition coefficient (Wildman–Crippen LogP) is 1.40. The number of nitrogens with one attached hydrogen (secondary N) is 1. The van der Waals surface area contributed by atoms with E-state index in [0.29, 0.717) is 6.04 Å². The first-order valence-corrected chi connectivity index (χ1v) is 6.40. The second kappa shape index (κ2) is 7.36. The van der Waals surface area contributed by atoms with Crippen molar-refractivity contribution >= 4 is 30.1 Å². The van der Waals surface area contributed by atoms with Crippen LogP contribution in [-0.2, 0) is 4.79 Å². The van der Waals surface area contributed by atoms with Crippen molar-refractivity contribution in [2.24, 2.45) is 11.7 Å². The van der Waals surface area contributed by atoms with Gasteiger partial charge in [-0.25, -0.2) is 0 Å². The fraction of sp³-hybridized carbons (Fsp3) is 0.900. The van der Waals surface area contributed by atoms with Crippen molar-refractivity contribution in [3.05, 3.63) is 0 Å². The number of amides is 1. The van der Waals surface area contributed by atoms with Crippen molar-refractivity contribution in [2.75, 3.05) is 11.5 Å². The van der Waals surface area contributed by atoms with E-state index >= 15 is 0 Å². The van der Waals surface area contributed by atoms with E-state index in [1.165, 1.54) is 0 Å². The Morgan fingerprint density at radius 2 is 1.93 bits per heavy atom. The summed E-state index contributed by atoms with van der Waals surface area (Å²) in [5.74, 6) is 2.54. The van der Waals surface area contributed by atoms with E-state index in [1.807, 2.05) is 25.6 Å². The third kappa shape index (κ3) is 5.09. The van der Waals surface area contributed by atoms with Gasteiger partial charge in [0, 0.05) is 6.04 Å². The van der Waals surface area contributed by atoms with Crippen LogP contribution in [0.1, 0.15) is 26.7 Å². The average Bonchev–Trinajstić information content (AvgIpc) is 2.18. The van der Waals surface area contributed by atoms with Gasteiger partial charge in [0.1, 0.15) is 0 Å². The molecule has 1 fully saturated rings. The second-order valence-electron chi connectivity index (χ2n) is 4.17. The molecule has 1 amide bonds. The fourth-order valence-corrected chi connectivity index (χ4v) is 2.55. The first-order chi connectivity index (χ1) is 6.61. The Labute approximate surface area is 102 Å². The summed E-state index contributed by atoms with van der Waals surface area (Å²) >= 11 is 1.96. The van der Waals surface area contributed by atoms with E-state index in [2.05, 4.69) is 5.32 Å². The van der Waals surface area contributed by atoms with E-state index in [1.54, 1.807) is 0 Å². The number of halogens is 1. The van der Waals surface area contributed by atoms with E-state index in [0.717, 1.165) is 24.3 Å². The molecule has 0 aliphatic carbocycles. The van der Waals surface area contributed by atoms with Gasteiger partial charge < -0.3 is 11.1 Å². The molecule has 0 bridgehead atoms. The monoisotopic (exact) mass is 252 g/mol. The van der Waals surface area contributed by atoms with Gasteiger partial charge in [0.25, 0.3) is 0 Å². The van der Waals surface area contributed by atoms with Gasteiger partial charge in [-0.05, 0) is 30.3 Å². The van der Waals surface area contributed by atoms with Crippen LogP contribution in [0.4, 0.5) is 0 Å². The molecule has 0 spiro atoms. The Balaban J connectivity index is 0.00000196. The highest BCUT2D eigenvalue weighted by molar-refractivity contribution is 7.99. The normalized spacial score (nSPS) is 19.5. The highest BCUT2D eigenvalue weighted by Crippen LogP contribution is 2.17. The molecule has 1 saturated heterocycles. The first kappa shape index (κ1) is 15.1. The zero-order chi connectivity index (χ0) is 10.6. The topological polar surface area (TPSA) is 55.1 Å². The number of thioether (sulfide) groups is 1. The number of rotatable bonds is 3. The van der Waals surface area contributed by atoms with E-state index in [4.69, 9.17) is 5.73 Å². The first-order valence-electron chi connectivity index (χ1n) is 5.25. The van der Waals surface area contributed by atoms with Crippen molar-refractivity contribution in [1.29, 1.82) is 0 Å². The van der Waals surface area contributed by atoms with Gasteiger partial charge in [-0.2, -0.15) is 11.8 Å². The van der Waals surface area contributed by atoms with Gasteiger partial charge in [0.2, 0.25) is 5.91 Å². The molecule has 15 heavy (non-hydrogen) atoms. The molecule has 0 radical (unpaired) electrons. The van der Waals surface area contributed by atoms with Gasteiger partial charge in [-0.3, -0.25) is 4.79 Å². The molecule has 0 aromatic rings. The molecule has 0 aromatic carbocycles. The zero-order valence-corrected chi connectivity index (χ0v) is 11.0. The summed E-state index contributed by atoms with van der Waals surface area (Å²) in [4.78, 5) is 11.6. The standard InChI is InChI=1S/C10H20N2OS.ClH/c1-7(2)9(11)10(13)12-8-3-5-14-6-4-8;/h7-9H,3-6,11H2,1-2H3,(H,12,13);1H/t9-;/m1./s1. The molecule has 1 heterocycles. The maximum atomic E-state index is 11.6. The van der Waals surface area contributed by atoms with Gasteiger partial charge in [0.15, 0.2) is 0 Å². The summed E-state index contributed by atoms with van der Waals surface area (Å²) in [5, 5.41) is 3.02. The number of carbonyl (C=O) groups is 1. The number of hydrogen-bond acceptors (Lipinski definition) is 3. The van der Waals surface area contributed by atoms with Crippen LogP contribution in [-0.4, -0.2) is 29.5 Å². The number of hydrogen-bond donors (Lipinski definition) is 2. The molecule has 1 aliphatic heterocycles. The zero-order valence-electron chi connectivity index (χ0n) is 9.36. The number of nitrogens with two attached hydrogens (primary N) is 1. The lowest BCUT2D eigenvalue weighted by molar-refractivity contribution is -0.124. The SMILES string of the molecule is CC(C)[C@@H](N)C(=O)NC1CCSCC1.Cl. The van der Waals surface area contributed by atoms with E-state index in [9.17, 15) is 4.79 Å². The van der Waals surface area contributed by atoms with Gasteiger partial charge >= 0.3 is 0 Å². The van der Waals surface area contributed by atoms with Gasteiger partial charge in [0.05, 0.1) is 6.04 Å². The largest absolute Gasteiger partial charge is 0.352 e. The minimum Gasteiger partial charge on any atom is -0.352 e. The molecule has 1 atom stereocenters. The summed E-state index contributed by atoms with van der Waals surface area (Å²) in [5.41, 5.74) is 5.76. The minimum atomic E-state index is -0.357. The smallest absolute Gasteiger partial charge is 0.237 e. The fourth-order valence-electron chi connectivity index (χ4n) is 1.44. The molecule has 0 saturated carbocycles. The predicted molar refractivity (Wildman–Crippen MR) is 68.6 cm³/mol. The molecular formula is C10H21ClN2OS. The molecule has 1 aliphatic rings. The van der Waals surface area contributed by atoms with Crippen molar-refractivity contribution in [2.45, 2.75) is 38.8 Å². The molecule has 5 heteroatoms. The van der Waals surface area contributed by atoms with Crippen LogP contribution < -0.4 is 11.1 Å². The van der Waals surface area contributed by atoms with Gasteiger partial charge in [-0.15, -0.1) is 12.4 Å². The Hall–Kier alpha value is 0.0700. The van der Waals surface area contributed by atoms with E-state index < -0.39 is 0 Å². The summed E-state index contributed by atoms with van der Waals surface area (Å²) in [7, 11) is 0. The Bertz CT molecular complexity index is 196. The highest BCUT2D eigenvalue weighted by Gasteiger charge is 2.21. The molecular weight excluding hydrogens is 232 g/mol. The summed E-state index contributed by atoms with van der Waals surface area (Å²) in [6.07, 6.45) is 2.17. The quantitative estimate of drug-likeness (QED) is 0.799. The molecule has 1 rings (SSSR count). The Morgan fingerprint density at radius 3 is 2.40 bits per heavy atom. The van der Waals surface area contributed by atoms with Crippen molar-refractivity contribution in [1.82, 2.24) is 5.32 Å². The van der Waals surface area contributed by atoms with Crippen molar-refractivity contribution < 1.29 is 4.79 Å². The molecule has 0 aromatic heterocycles. The van der Waals surface area contributed by atoms with Crippen molar-refractivity contribution in [3.63, 3.8) is 0 Å². The highest BCUT2D eigenvalue weighted by atomic mass is 35.5. The summed E-state index contributed by atoms with van der Waals surface area (Å²) in [6.45, 7) is 3.95. The van der Waals surface area contributed by atoms with Crippen LogP contribution in [0.3, 0.4) is 0 Å². The van der Waals surface area contributed by atoms with Crippen LogP contribution in [0, 0.1) is 5.92 Å². The Kier molecular flexibility index (Phi) is 7.40. The van der Waals surface area contributed by atoms with Crippen LogP contribution in [0.5, 0.6) is 0 Å². The lowest BCUT2D eigenvalue weighted by Crippen LogP contribution is -2.48. The Morgan fingerprint density at radius 1 is 1.40 bits per heavy atom. The average molecular weight is 253 g/mol. The lowest BCUT2D eigenvalue weighted by atomic mass is 10.0. The third-order valence-corrected chi connectivity index (χ3v) is 3.64. The lowest BCUT2D eigenvalue weighted by Gasteiger charge is -2.25. The van der Waals surface area contributed by atoms with Gasteiger partial charge in [-0.1, -0.05) is 13.8 Å². The molecule has 0 unspecified atom stereocenters. The second-order valence-corrected chi connectivity index (χ2v) is 5.39. The van der Waals surface area contributed by atoms with Crippen LogP contribution in [0.15, 0.2) is 0 Å². The molecule has 3 nitrogen and oxygen atoms in total. The van der Waals surface area contributed by atoms with Crippen molar-refractivity contribution in [3.8, 4) is 0 Å². The van der Waals surface area contributed by atoms with E-state index in [-0.39, 0.29) is 30.3 Å². The number of carbonyl (C=O) groups excluding carboxylic acids is 1. The third-order valence-electron chi connectivity index (χ3n) is 2.59. The summed E-state index contributed by atoms with van der Waals surface area (Å²) < 4.78 is 0. The molecule has 90 valence electrons. The maximum absolute atomic E-state index is 11.6. The molecule has 3 N–H and O–H groups in total. The van der Waals surface area contributed by atoms with Crippen LogP contribution >= 0.6 is 24.2 Å². The minimum absolute atomic E-state index is 0. The maximum Gasteiger partial charge on any atom is 0.237 e. The van der Waals surface area contributed by atoms with Crippen LogP contribution in [0.25, 0.3) is 0 Å².